The molecule has 0 bridgehead atoms. The van der Waals surface area contributed by atoms with Gasteiger partial charge in [-0.2, -0.15) is 0 Å². The Morgan fingerprint density at radius 1 is 1.47 bits per heavy atom. The number of hydrogen-bond donors (Lipinski definition) is 1. The van der Waals surface area contributed by atoms with Crippen LogP contribution in [0.5, 0.6) is 0 Å². The van der Waals surface area contributed by atoms with Gasteiger partial charge in [-0.15, -0.1) is 0 Å². The van der Waals surface area contributed by atoms with Gasteiger partial charge in [-0.25, -0.2) is 0 Å². The summed E-state index contributed by atoms with van der Waals surface area (Å²) in [6.45, 7) is 3.57. The fraction of sp³-hybridized carbons (Fsp3) is 0.500. The molecule has 1 N–H and O–H groups in total. The number of nitrogens with zero attached hydrogens (tertiary/aromatic N) is 1. The Balaban J connectivity index is 2.40. The summed E-state index contributed by atoms with van der Waals surface area (Å²) in [5, 5.41) is 9.94. The third-order valence-electron chi connectivity index (χ3n) is 2.27. The van der Waals surface area contributed by atoms with Gasteiger partial charge in [0.15, 0.2) is 0 Å². The molecule has 1 aromatic rings. The summed E-state index contributed by atoms with van der Waals surface area (Å²) in [5.74, 6) is 0. The Morgan fingerprint density at radius 3 is 2.80 bits per heavy atom. The van der Waals surface area contributed by atoms with E-state index >= 15 is 0 Å². The molecule has 0 fully saturated rings. The topological polar surface area (TPSA) is 23.5 Å². The zero-order valence-electron chi connectivity index (χ0n) is 9.28. The summed E-state index contributed by atoms with van der Waals surface area (Å²) in [7, 11) is 2.04. The van der Waals surface area contributed by atoms with Gasteiger partial charge in [0.2, 0.25) is 0 Å². The van der Waals surface area contributed by atoms with Gasteiger partial charge in [-0.1, -0.05) is 23.7 Å². The van der Waals surface area contributed by atoms with Crippen molar-refractivity contribution >= 4 is 11.6 Å². The molecule has 0 spiro atoms. The van der Waals surface area contributed by atoms with Crippen LogP contribution in [0.3, 0.4) is 0 Å². The summed E-state index contributed by atoms with van der Waals surface area (Å²) in [6.07, 6.45) is 0.573. The Labute approximate surface area is 96.5 Å². The van der Waals surface area contributed by atoms with Crippen molar-refractivity contribution < 1.29 is 5.11 Å². The van der Waals surface area contributed by atoms with Crippen molar-refractivity contribution in [2.24, 2.45) is 0 Å². The van der Waals surface area contributed by atoms with E-state index in [0.717, 1.165) is 24.5 Å². The summed E-state index contributed by atoms with van der Waals surface area (Å²) >= 11 is 5.90. The molecule has 0 amide bonds. The molecule has 0 saturated heterocycles. The van der Waals surface area contributed by atoms with E-state index in [-0.39, 0.29) is 6.10 Å². The molecule has 0 heterocycles. The van der Waals surface area contributed by atoms with Gasteiger partial charge in [0.1, 0.15) is 0 Å². The summed E-state index contributed by atoms with van der Waals surface area (Å²) in [4.78, 5) is 2.18. The lowest BCUT2D eigenvalue weighted by Gasteiger charge is -2.17. The minimum absolute atomic E-state index is 0.230. The van der Waals surface area contributed by atoms with Crippen molar-refractivity contribution in [2.45, 2.75) is 26.0 Å². The molecule has 1 unspecified atom stereocenters. The molecule has 0 radical (unpaired) electrons. The van der Waals surface area contributed by atoms with E-state index in [4.69, 9.17) is 16.7 Å². The number of halogens is 1. The van der Waals surface area contributed by atoms with E-state index < -0.39 is 0 Å². The van der Waals surface area contributed by atoms with Crippen LogP contribution in [0, 0.1) is 0 Å². The normalized spacial score (nSPS) is 13.1. The molecule has 0 aromatic heterocycles. The third-order valence-corrected chi connectivity index (χ3v) is 2.51. The Hall–Kier alpha value is -0.570. The van der Waals surface area contributed by atoms with Crippen LogP contribution >= 0.6 is 11.6 Å². The van der Waals surface area contributed by atoms with Gasteiger partial charge < -0.3 is 10.0 Å². The SMILES string of the molecule is CC(O)CCN(C)Cc1cccc(Cl)c1. The second-order valence-corrected chi connectivity index (χ2v) is 4.44. The number of rotatable bonds is 5. The first kappa shape index (κ1) is 12.5. The van der Waals surface area contributed by atoms with E-state index in [1.54, 1.807) is 0 Å². The highest BCUT2D eigenvalue weighted by atomic mass is 35.5. The van der Waals surface area contributed by atoms with Crippen LogP contribution in [0.4, 0.5) is 0 Å². The van der Waals surface area contributed by atoms with Crippen molar-refractivity contribution in [3.8, 4) is 0 Å². The molecular formula is C12H18ClNO. The molecule has 0 aliphatic rings. The zero-order valence-corrected chi connectivity index (χ0v) is 10.0. The maximum absolute atomic E-state index is 9.16. The molecule has 1 atom stereocenters. The van der Waals surface area contributed by atoms with E-state index in [1.807, 2.05) is 32.2 Å². The molecule has 0 aliphatic carbocycles. The molecule has 0 aliphatic heterocycles. The van der Waals surface area contributed by atoms with Gasteiger partial charge in [-0.05, 0) is 38.1 Å². The molecule has 15 heavy (non-hydrogen) atoms. The molecule has 2 nitrogen and oxygen atoms in total. The van der Waals surface area contributed by atoms with Crippen LogP contribution in [0.25, 0.3) is 0 Å². The highest BCUT2D eigenvalue weighted by Crippen LogP contribution is 2.12. The summed E-state index contributed by atoms with van der Waals surface area (Å²) < 4.78 is 0. The molecule has 1 rings (SSSR count). The first-order chi connectivity index (χ1) is 7.08. The van der Waals surface area contributed by atoms with E-state index in [9.17, 15) is 0 Å². The van der Waals surface area contributed by atoms with Gasteiger partial charge in [-0.3, -0.25) is 0 Å². The first-order valence-corrected chi connectivity index (χ1v) is 5.57. The van der Waals surface area contributed by atoms with Crippen LogP contribution in [-0.2, 0) is 6.54 Å². The van der Waals surface area contributed by atoms with Crippen LogP contribution in [0.2, 0.25) is 5.02 Å². The smallest absolute Gasteiger partial charge is 0.0524 e. The highest BCUT2D eigenvalue weighted by molar-refractivity contribution is 6.30. The van der Waals surface area contributed by atoms with Gasteiger partial charge >= 0.3 is 0 Å². The lowest BCUT2D eigenvalue weighted by molar-refractivity contribution is 0.163. The molecule has 1 aromatic carbocycles. The number of benzene rings is 1. The van der Waals surface area contributed by atoms with E-state index in [1.165, 1.54) is 5.56 Å². The second kappa shape index (κ2) is 6.11. The number of aliphatic hydroxyl groups is 1. The van der Waals surface area contributed by atoms with Crippen LogP contribution in [0.15, 0.2) is 24.3 Å². The summed E-state index contributed by atoms with van der Waals surface area (Å²) in [5.41, 5.74) is 1.20. The number of hydrogen-bond acceptors (Lipinski definition) is 2. The Kier molecular flexibility index (Phi) is 5.09. The maximum atomic E-state index is 9.16. The zero-order chi connectivity index (χ0) is 11.3. The van der Waals surface area contributed by atoms with E-state index in [0.29, 0.717) is 0 Å². The molecule has 3 heteroatoms. The predicted octanol–water partition coefficient (Wildman–Crippen LogP) is 2.54. The minimum atomic E-state index is -0.230. The largest absolute Gasteiger partial charge is 0.393 e. The maximum Gasteiger partial charge on any atom is 0.0524 e. The second-order valence-electron chi connectivity index (χ2n) is 4.01. The minimum Gasteiger partial charge on any atom is -0.393 e. The van der Waals surface area contributed by atoms with Crippen LogP contribution in [-0.4, -0.2) is 29.7 Å². The van der Waals surface area contributed by atoms with Crippen molar-refractivity contribution in [2.75, 3.05) is 13.6 Å². The van der Waals surface area contributed by atoms with Crippen molar-refractivity contribution in [1.82, 2.24) is 4.90 Å². The van der Waals surface area contributed by atoms with E-state index in [2.05, 4.69) is 11.0 Å². The molecular weight excluding hydrogens is 210 g/mol. The monoisotopic (exact) mass is 227 g/mol. The lowest BCUT2D eigenvalue weighted by atomic mass is 10.2. The van der Waals surface area contributed by atoms with Gasteiger partial charge in [0.25, 0.3) is 0 Å². The molecule has 84 valence electrons. The Morgan fingerprint density at radius 2 is 2.20 bits per heavy atom. The standard InChI is InChI=1S/C12H18ClNO/c1-10(15)6-7-14(2)9-11-4-3-5-12(13)8-11/h3-5,8,10,15H,6-7,9H2,1-2H3. The first-order valence-electron chi connectivity index (χ1n) is 5.19. The fourth-order valence-corrected chi connectivity index (χ4v) is 1.65. The summed E-state index contributed by atoms with van der Waals surface area (Å²) in [6, 6.07) is 7.87. The average Bonchev–Trinajstić information content (AvgIpc) is 2.15. The van der Waals surface area contributed by atoms with Crippen molar-refractivity contribution in [3.05, 3.63) is 34.9 Å². The third kappa shape index (κ3) is 5.17. The fourth-order valence-electron chi connectivity index (χ4n) is 1.43. The highest BCUT2D eigenvalue weighted by Gasteiger charge is 2.02. The molecule has 0 saturated carbocycles. The van der Waals surface area contributed by atoms with Crippen molar-refractivity contribution in [3.63, 3.8) is 0 Å². The lowest BCUT2D eigenvalue weighted by Crippen LogP contribution is -2.22. The predicted molar refractivity (Wildman–Crippen MR) is 64.1 cm³/mol. The average molecular weight is 228 g/mol. The van der Waals surface area contributed by atoms with Gasteiger partial charge in [0.05, 0.1) is 6.10 Å². The van der Waals surface area contributed by atoms with Crippen LogP contribution in [0.1, 0.15) is 18.9 Å². The quantitative estimate of drug-likeness (QED) is 0.836. The Bertz CT molecular complexity index is 301. The van der Waals surface area contributed by atoms with Crippen molar-refractivity contribution in [1.29, 1.82) is 0 Å². The van der Waals surface area contributed by atoms with Gasteiger partial charge in [0, 0.05) is 18.1 Å². The van der Waals surface area contributed by atoms with Crippen LogP contribution < -0.4 is 0 Å². The number of aliphatic hydroxyl groups excluding tert-OH is 1.